The molecule has 0 aliphatic carbocycles. The molecule has 0 bridgehead atoms. The van der Waals surface area contributed by atoms with Crippen molar-refractivity contribution in [1.29, 1.82) is 0 Å². The minimum absolute atomic E-state index is 0.00308. The summed E-state index contributed by atoms with van der Waals surface area (Å²) in [6.07, 6.45) is 0.788. The Morgan fingerprint density at radius 1 is 0.862 bits per heavy atom. The molecule has 2 aromatic carbocycles. The fraction of sp³-hybridized carbons (Fsp3) is 0.391. The van der Waals surface area contributed by atoms with E-state index in [1.165, 1.54) is 5.56 Å². The quantitative estimate of drug-likeness (QED) is 0.780. The minimum atomic E-state index is 0.00308. The van der Waals surface area contributed by atoms with Gasteiger partial charge < -0.3 is 10.2 Å². The number of benzene rings is 2. The fourth-order valence-corrected chi connectivity index (χ4v) is 3.44. The second kappa shape index (κ2) is 10.2. The van der Waals surface area contributed by atoms with Crippen LogP contribution in [0.25, 0.3) is 0 Å². The number of carbonyl (C=O) groups is 2. The summed E-state index contributed by atoms with van der Waals surface area (Å²) in [5.74, 6) is 0.120. The van der Waals surface area contributed by atoms with E-state index in [4.69, 9.17) is 0 Å². The summed E-state index contributed by atoms with van der Waals surface area (Å²) in [5.41, 5.74) is 3.20. The molecule has 0 saturated carbocycles. The lowest BCUT2D eigenvalue weighted by atomic mass is 10.0. The number of hydrogen-bond donors (Lipinski definition) is 1. The van der Waals surface area contributed by atoms with Crippen LogP contribution in [0, 0.1) is 0 Å². The van der Waals surface area contributed by atoms with Gasteiger partial charge in [0.15, 0.2) is 0 Å². The van der Waals surface area contributed by atoms with E-state index in [2.05, 4.69) is 33.3 Å². The van der Waals surface area contributed by atoms with Crippen LogP contribution in [-0.4, -0.2) is 79.9 Å². The molecule has 29 heavy (non-hydrogen) atoms. The average Bonchev–Trinajstić information content (AvgIpc) is 2.71. The van der Waals surface area contributed by atoms with E-state index in [-0.39, 0.29) is 11.8 Å². The molecule has 1 fully saturated rings. The molecule has 2 amide bonds. The molecule has 0 aromatic heterocycles. The first kappa shape index (κ1) is 21.0. The monoisotopic (exact) mass is 394 g/mol. The average molecular weight is 395 g/mol. The summed E-state index contributed by atoms with van der Waals surface area (Å²) < 4.78 is 0. The van der Waals surface area contributed by atoms with Gasteiger partial charge >= 0.3 is 0 Å². The van der Waals surface area contributed by atoms with Gasteiger partial charge in [-0.3, -0.25) is 19.4 Å². The van der Waals surface area contributed by atoms with Crippen molar-refractivity contribution in [3.05, 3.63) is 65.7 Å². The number of rotatable bonds is 7. The van der Waals surface area contributed by atoms with Gasteiger partial charge in [-0.1, -0.05) is 48.5 Å². The topological polar surface area (TPSA) is 55.9 Å². The number of nitrogens with zero attached hydrogens (tertiary/aromatic N) is 3. The van der Waals surface area contributed by atoms with Gasteiger partial charge in [-0.05, 0) is 23.6 Å². The van der Waals surface area contributed by atoms with E-state index in [1.807, 2.05) is 36.4 Å². The number of piperazine rings is 1. The second-order valence-electron chi connectivity index (χ2n) is 7.71. The predicted molar refractivity (Wildman–Crippen MR) is 116 cm³/mol. The minimum Gasteiger partial charge on any atom is -0.348 e. The number of nitrogens with one attached hydrogen (secondary N) is 1. The third-order valence-corrected chi connectivity index (χ3v) is 5.22. The van der Waals surface area contributed by atoms with E-state index < -0.39 is 0 Å². The Morgan fingerprint density at radius 2 is 1.45 bits per heavy atom. The van der Waals surface area contributed by atoms with Gasteiger partial charge in [0.05, 0.1) is 13.1 Å². The van der Waals surface area contributed by atoms with Crippen LogP contribution < -0.4 is 5.32 Å². The lowest BCUT2D eigenvalue weighted by molar-refractivity contribution is -0.130. The Balaban J connectivity index is 1.50. The maximum absolute atomic E-state index is 12.6. The summed E-state index contributed by atoms with van der Waals surface area (Å²) in [6.45, 7) is 4.00. The molecule has 1 heterocycles. The molecule has 1 aliphatic rings. The van der Waals surface area contributed by atoms with E-state index in [0.29, 0.717) is 13.1 Å². The van der Waals surface area contributed by atoms with Gasteiger partial charge in [0, 0.05) is 46.0 Å². The molecule has 2 aromatic rings. The smallest absolute Gasteiger partial charge is 0.238 e. The number of hydrogen-bond acceptors (Lipinski definition) is 4. The predicted octanol–water partition coefficient (Wildman–Crippen LogP) is 1.92. The van der Waals surface area contributed by atoms with Crippen molar-refractivity contribution in [3.63, 3.8) is 0 Å². The molecular formula is C23H30N4O2. The molecule has 6 heteroatoms. The van der Waals surface area contributed by atoms with Crippen LogP contribution in [0.5, 0.6) is 0 Å². The summed E-state index contributed by atoms with van der Waals surface area (Å²) >= 11 is 0. The highest BCUT2D eigenvalue weighted by atomic mass is 16.2. The first-order valence-electron chi connectivity index (χ1n) is 10.1. The number of anilines is 1. The van der Waals surface area contributed by atoms with Crippen LogP contribution in [0.2, 0.25) is 0 Å². The van der Waals surface area contributed by atoms with Crippen LogP contribution in [0.3, 0.4) is 0 Å². The van der Waals surface area contributed by atoms with Crippen molar-refractivity contribution in [2.75, 3.05) is 58.7 Å². The maximum atomic E-state index is 12.6. The molecular weight excluding hydrogens is 364 g/mol. The fourth-order valence-electron chi connectivity index (χ4n) is 3.44. The van der Waals surface area contributed by atoms with E-state index in [0.717, 1.165) is 43.9 Å². The van der Waals surface area contributed by atoms with Crippen LogP contribution in [0.1, 0.15) is 11.1 Å². The Labute approximate surface area is 173 Å². The standard InChI is InChI=1S/C23H30N4O2/c1-25(2)23(29)18-27-14-12-26(13-15-27)17-22(28)24-21-11-7-6-10-20(21)16-19-8-4-3-5-9-19/h3-11H,12-18H2,1-2H3,(H,24,28). The van der Waals surface area contributed by atoms with Crippen LogP contribution in [-0.2, 0) is 16.0 Å². The van der Waals surface area contributed by atoms with E-state index in [1.54, 1.807) is 19.0 Å². The van der Waals surface area contributed by atoms with Gasteiger partial charge in [-0.25, -0.2) is 0 Å². The highest BCUT2D eigenvalue weighted by molar-refractivity contribution is 5.93. The van der Waals surface area contributed by atoms with Gasteiger partial charge in [-0.15, -0.1) is 0 Å². The van der Waals surface area contributed by atoms with E-state index >= 15 is 0 Å². The Hall–Kier alpha value is -2.70. The molecule has 0 unspecified atom stereocenters. The highest BCUT2D eigenvalue weighted by Gasteiger charge is 2.21. The molecule has 3 rings (SSSR count). The molecule has 1 N–H and O–H groups in total. The second-order valence-corrected chi connectivity index (χ2v) is 7.71. The van der Waals surface area contributed by atoms with Crippen molar-refractivity contribution < 1.29 is 9.59 Å². The van der Waals surface area contributed by atoms with Crippen molar-refractivity contribution in [2.24, 2.45) is 0 Å². The van der Waals surface area contributed by atoms with Crippen LogP contribution in [0.4, 0.5) is 5.69 Å². The Kier molecular flexibility index (Phi) is 7.38. The van der Waals surface area contributed by atoms with Crippen molar-refractivity contribution in [3.8, 4) is 0 Å². The van der Waals surface area contributed by atoms with Gasteiger partial charge in [0.2, 0.25) is 11.8 Å². The van der Waals surface area contributed by atoms with Crippen molar-refractivity contribution >= 4 is 17.5 Å². The first-order chi connectivity index (χ1) is 14.0. The van der Waals surface area contributed by atoms with Gasteiger partial charge in [0.25, 0.3) is 0 Å². The van der Waals surface area contributed by atoms with E-state index in [9.17, 15) is 9.59 Å². The molecule has 1 aliphatic heterocycles. The number of para-hydroxylation sites is 1. The number of carbonyl (C=O) groups excluding carboxylic acids is 2. The maximum Gasteiger partial charge on any atom is 0.238 e. The highest BCUT2D eigenvalue weighted by Crippen LogP contribution is 2.19. The molecule has 6 nitrogen and oxygen atoms in total. The zero-order valence-corrected chi connectivity index (χ0v) is 17.3. The van der Waals surface area contributed by atoms with Gasteiger partial charge in [-0.2, -0.15) is 0 Å². The lowest BCUT2D eigenvalue weighted by Gasteiger charge is -2.34. The molecule has 0 atom stereocenters. The lowest BCUT2D eigenvalue weighted by Crippen LogP contribution is -2.50. The third-order valence-electron chi connectivity index (χ3n) is 5.22. The SMILES string of the molecule is CN(C)C(=O)CN1CCN(CC(=O)Nc2ccccc2Cc2ccccc2)CC1. The Bertz CT molecular complexity index is 815. The summed E-state index contributed by atoms with van der Waals surface area (Å²) in [7, 11) is 3.55. The first-order valence-corrected chi connectivity index (χ1v) is 10.1. The van der Waals surface area contributed by atoms with Crippen LogP contribution >= 0.6 is 0 Å². The molecule has 154 valence electrons. The molecule has 0 spiro atoms. The zero-order chi connectivity index (χ0) is 20.6. The third kappa shape index (κ3) is 6.41. The van der Waals surface area contributed by atoms with Crippen LogP contribution in [0.15, 0.2) is 54.6 Å². The zero-order valence-electron chi connectivity index (χ0n) is 17.3. The van der Waals surface area contributed by atoms with Crippen molar-refractivity contribution in [2.45, 2.75) is 6.42 Å². The molecule has 0 radical (unpaired) electrons. The largest absolute Gasteiger partial charge is 0.348 e. The normalized spacial score (nSPS) is 15.1. The summed E-state index contributed by atoms with van der Waals surface area (Å²) in [4.78, 5) is 30.4. The number of likely N-dealkylation sites (N-methyl/N-ethyl adjacent to an activating group) is 1. The molecule has 1 saturated heterocycles. The van der Waals surface area contributed by atoms with Gasteiger partial charge in [0.1, 0.15) is 0 Å². The Morgan fingerprint density at radius 3 is 2.10 bits per heavy atom. The summed E-state index contributed by atoms with van der Waals surface area (Å²) in [6, 6.07) is 18.2. The number of amides is 2. The van der Waals surface area contributed by atoms with Crippen molar-refractivity contribution in [1.82, 2.24) is 14.7 Å². The summed E-state index contributed by atoms with van der Waals surface area (Å²) in [5, 5.41) is 3.08.